The van der Waals surface area contributed by atoms with Crippen molar-refractivity contribution in [1.29, 1.82) is 0 Å². The number of halogens is 3. The number of aliphatic imine (C=N–C) groups is 1. The first-order valence-electron chi connectivity index (χ1n) is 9.06. The third kappa shape index (κ3) is 7.54. The van der Waals surface area contributed by atoms with E-state index in [1.165, 1.54) is 4.90 Å². The lowest BCUT2D eigenvalue weighted by Crippen LogP contribution is -2.43. The van der Waals surface area contributed by atoms with E-state index in [-0.39, 0.29) is 12.5 Å². The Hall–Kier alpha value is -2.82. The zero-order chi connectivity index (χ0) is 22.1. The van der Waals surface area contributed by atoms with Gasteiger partial charge >= 0.3 is 6.18 Å². The quantitative estimate of drug-likeness (QED) is 0.484. The van der Waals surface area contributed by atoms with Gasteiger partial charge in [-0.2, -0.15) is 13.2 Å². The molecule has 2 rings (SSSR count). The molecule has 0 bridgehead atoms. The van der Waals surface area contributed by atoms with Crippen LogP contribution in [0.2, 0.25) is 0 Å². The van der Waals surface area contributed by atoms with Gasteiger partial charge in [0.15, 0.2) is 11.7 Å². The maximum Gasteiger partial charge on any atom is 0.434 e. The lowest BCUT2D eigenvalue weighted by molar-refractivity contribution is -0.140. The lowest BCUT2D eigenvalue weighted by atomic mass is 10.2. The minimum atomic E-state index is -4.44. The molecule has 0 aliphatic heterocycles. The summed E-state index contributed by atoms with van der Waals surface area (Å²) in [6.45, 7) is 0.706. The molecule has 1 amide bonds. The molecule has 7 nitrogen and oxygen atoms in total. The minimum Gasteiger partial charge on any atom is -0.497 e. The molecule has 0 aliphatic rings. The number of hydrogen-bond donors (Lipinski definition) is 2. The molecule has 1 aromatic heterocycles. The van der Waals surface area contributed by atoms with Crippen molar-refractivity contribution in [1.82, 2.24) is 20.5 Å². The van der Waals surface area contributed by atoms with Crippen LogP contribution in [0.3, 0.4) is 0 Å². The normalized spacial score (nSPS) is 11.9. The molecule has 0 aliphatic carbocycles. The number of amides is 1. The molecule has 30 heavy (non-hydrogen) atoms. The van der Waals surface area contributed by atoms with Crippen LogP contribution in [0, 0.1) is 0 Å². The molecule has 1 heterocycles. The van der Waals surface area contributed by atoms with Gasteiger partial charge < -0.3 is 20.3 Å². The number of likely N-dealkylation sites (N-methyl/N-ethyl adjacent to an activating group) is 1. The maximum absolute atomic E-state index is 12.7. The van der Waals surface area contributed by atoms with Gasteiger partial charge in [-0.3, -0.25) is 4.79 Å². The van der Waals surface area contributed by atoms with E-state index in [0.717, 1.165) is 28.0 Å². The number of aromatic nitrogens is 1. The summed E-state index contributed by atoms with van der Waals surface area (Å²) in [5, 5.41) is 7.34. The Bertz CT molecular complexity index is 851. The molecule has 2 aromatic rings. The van der Waals surface area contributed by atoms with E-state index in [2.05, 4.69) is 20.6 Å². The number of nitrogens with one attached hydrogen (secondary N) is 2. The van der Waals surface area contributed by atoms with Crippen LogP contribution in [0.25, 0.3) is 0 Å². The molecule has 0 saturated carbocycles. The van der Waals surface area contributed by atoms with Crippen LogP contribution in [0.4, 0.5) is 13.2 Å². The van der Waals surface area contributed by atoms with Gasteiger partial charge in [0.1, 0.15) is 5.75 Å². The van der Waals surface area contributed by atoms with Crippen molar-refractivity contribution < 1.29 is 22.7 Å². The first kappa shape index (κ1) is 23.5. The molecule has 0 unspecified atom stereocenters. The van der Waals surface area contributed by atoms with Crippen LogP contribution in [0.5, 0.6) is 5.75 Å². The summed E-state index contributed by atoms with van der Waals surface area (Å²) >= 11 is 0.960. The summed E-state index contributed by atoms with van der Waals surface area (Å²) in [4.78, 5) is 21.3. The van der Waals surface area contributed by atoms with E-state index in [4.69, 9.17) is 4.74 Å². The summed E-state index contributed by atoms with van der Waals surface area (Å²) in [6.07, 6.45) is -4.15. The van der Waals surface area contributed by atoms with Gasteiger partial charge in [0.2, 0.25) is 5.91 Å². The first-order valence-corrected chi connectivity index (χ1v) is 9.94. The second kappa shape index (κ2) is 10.8. The smallest absolute Gasteiger partial charge is 0.434 e. The Kier molecular flexibility index (Phi) is 8.46. The number of benzene rings is 1. The van der Waals surface area contributed by atoms with Crippen molar-refractivity contribution >= 4 is 23.2 Å². The van der Waals surface area contributed by atoms with Gasteiger partial charge in [0.25, 0.3) is 0 Å². The van der Waals surface area contributed by atoms with Crippen LogP contribution in [0.1, 0.15) is 16.3 Å². The van der Waals surface area contributed by atoms with Crippen molar-refractivity contribution in [3.63, 3.8) is 0 Å². The molecule has 0 atom stereocenters. The average Bonchev–Trinajstić information content (AvgIpc) is 3.19. The van der Waals surface area contributed by atoms with Gasteiger partial charge in [-0.1, -0.05) is 12.1 Å². The van der Waals surface area contributed by atoms with Crippen LogP contribution in [-0.2, 0) is 23.9 Å². The van der Waals surface area contributed by atoms with Gasteiger partial charge in [0, 0.05) is 32.4 Å². The van der Waals surface area contributed by atoms with Crippen LogP contribution >= 0.6 is 11.3 Å². The number of carbonyl (C=O) groups is 1. The van der Waals surface area contributed by atoms with Gasteiger partial charge in [-0.05, 0) is 17.7 Å². The summed E-state index contributed by atoms with van der Waals surface area (Å²) in [5.74, 6) is 0.981. The number of hydrogen-bond acceptors (Lipinski definition) is 5. The third-order valence-electron chi connectivity index (χ3n) is 3.96. The van der Waals surface area contributed by atoms with Gasteiger partial charge in [-0.15, -0.1) is 11.3 Å². The van der Waals surface area contributed by atoms with Crippen LogP contribution in [0.15, 0.2) is 34.6 Å². The predicted octanol–water partition coefficient (Wildman–Crippen LogP) is 2.54. The van der Waals surface area contributed by atoms with Crippen molar-refractivity contribution in [3.05, 3.63) is 45.9 Å². The fourth-order valence-corrected chi connectivity index (χ4v) is 3.04. The number of nitrogens with zero attached hydrogens (tertiary/aromatic N) is 3. The minimum absolute atomic E-state index is 0.0386. The zero-order valence-electron chi connectivity index (χ0n) is 16.9. The number of thiazole rings is 1. The summed E-state index contributed by atoms with van der Waals surface area (Å²) in [5.41, 5.74) is 0.0520. The third-order valence-corrected chi connectivity index (χ3v) is 4.87. The molecule has 2 N–H and O–H groups in total. The number of rotatable bonds is 8. The molecule has 0 spiro atoms. The molecular formula is C19H24F3N5O2S. The fourth-order valence-electron chi connectivity index (χ4n) is 2.24. The highest BCUT2D eigenvalue weighted by molar-refractivity contribution is 7.09. The number of methoxy groups -OCH3 is 1. The standard InChI is InChI=1S/C19H24F3N5O2S/c1-27(2)17(28)11-25-18(24-10-13-4-6-14(29-3)7-5-13)23-9-8-16-26-15(12-30-16)19(20,21)22/h4-7,12H,8-11H2,1-3H3,(H2,23,24,25). The second-order valence-corrected chi connectivity index (χ2v) is 7.40. The van der Waals surface area contributed by atoms with E-state index in [9.17, 15) is 18.0 Å². The van der Waals surface area contributed by atoms with Gasteiger partial charge in [-0.25, -0.2) is 9.98 Å². The Balaban J connectivity index is 1.97. The topological polar surface area (TPSA) is 78.8 Å². The fraction of sp³-hybridized carbons (Fsp3) is 0.421. The average molecular weight is 443 g/mol. The first-order chi connectivity index (χ1) is 14.2. The Morgan fingerprint density at radius 1 is 1.23 bits per heavy atom. The monoisotopic (exact) mass is 443 g/mol. The number of carbonyl (C=O) groups excluding carboxylic acids is 1. The highest BCUT2D eigenvalue weighted by Gasteiger charge is 2.33. The number of guanidine groups is 1. The summed E-state index contributed by atoms with van der Waals surface area (Å²) < 4.78 is 43.1. The number of ether oxygens (including phenoxy) is 1. The molecule has 0 saturated heterocycles. The van der Waals surface area contributed by atoms with Crippen molar-refractivity contribution in [3.8, 4) is 5.75 Å². The highest BCUT2D eigenvalue weighted by Crippen LogP contribution is 2.30. The molecule has 1 aromatic carbocycles. The van der Waals surface area contributed by atoms with Gasteiger partial charge in [0.05, 0.1) is 25.2 Å². The molecular weight excluding hydrogens is 419 g/mol. The molecule has 0 radical (unpaired) electrons. The number of alkyl halides is 3. The van der Waals surface area contributed by atoms with E-state index in [1.807, 2.05) is 24.3 Å². The van der Waals surface area contributed by atoms with E-state index < -0.39 is 11.9 Å². The van der Waals surface area contributed by atoms with Crippen LogP contribution in [-0.4, -0.2) is 56.0 Å². The van der Waals surface area contributed by atoms with E-state index >= 15 is 0 Å². The SMILES string of the molecule is COc1ccc(CN=C(NCCc2nc(C(F)(F)F)cs2)NCC(=O)N(C)C)cc1. The Morgan fingerprint density at radius 3 is 2.50 bits per heavy atom. The zero-order valence-corrected chi connectivity index (χ0v) is 17.7. The summed E-state index contributed by atoms with van der Waals surface area (Å²) in [7, 11) is 4.87. The highest BCUT2D eigenvalue weighted by atomic mass is 32.1. The van der Waals surface area contributed by atoms with Crippen molar-refractivity contribution in [2.75, 3.05) is 34.3 Å². The molecule has 11 heteroatoms. The predicted molar refractivity (Wildman–Crippen MR) is 110 cm³/mol. The van der Waals surface area contributed by atoms with E-state index in [1.54, 1.807) is 21.2 Å². The Morgan fingerprint density at radius 2 is 1.93 bits per heavy atom. The largest absolute Gasteiger partial charge is 0.497 e. The molecule has 0 fully saturated rings. The lowest BCUT2D eigenvalue weighted by Gasteiger charge is -2.15. The van der Waals surface area contributed by atoms with Crippen molar-refractivity contribution in [2.24, 2.45) is 4.99 Å². The maximum atomic E-state index is 12.7. The van der Waals surface area contributed by atoms with E-state index in [0.29, 0.717) is 30.5 Å². The van der Waals surface area contributed by atoms with Crippen LogP contribution < -0.4 is 15.4 Å². The molecule has 164 valence electrons. The second-order valence-electron chi connectivity index (χ2n) is 6.46. The summed E-state index contributed by atoms with van der Waals surface area (Å²) in [6, 6.07) is 7.39. The van der Waals surface area contributed by atoms with Crippen molar-refractivity contribution in [2.45, 2.75) is 19.1 Å². The Labute approximate surface area is 177 Å².